The van der Waals surface area contributed by atoms with E-state index >= 15 is 0 Å². The third-order valence-electron chi connectivity index (χ3n) is 3.28. The van der Waals surface area contributed by atoms with Gasteiger partial charge in [0, 0.05) is 12.1 Å². The molecule has 1 fully saturated rings. The lowest BCUT2D eigenvalue weighted by Gasteiger charge is -2.44. The van der Waals surface area contributed by atoms with E-state index in [0.29, 0.717) is 18.5 Å². The Bertz CT molecular complexity index is 227. The SMILES string of the molecule is C#CCNC1(CN)CCCC(C)(C)C1. The number of hydrogen-bond acceptors (Lipinski definition) is 2. The quantitative estimate of drug-likeness (QED) is 0.668. The monoisotopic (exact) mass is 194 g/mol. The van der Waals surface area contributed by atoms with Crippen LogP contribution < -0.4 is 11.1 Å². The molecule has 1 unspecified atom stereocenters. The molecule has 0 radical (unpaired) electrons. The molecule has 0 heterocycles. The first kappa shape index (κ1) is 11.6. The molecule has 2 heteroatoms. The standard InChI is InChI=1S/C12H22N2/c1-4-8-14-12(10-13)7-5-6-11(2,3)9-12/h1,14H,5-10,13H2,2-3H3. The summed E-state index contributed by atoms with van der Waals surface area (Å²) < 4.78 is 0. The van der Waals surface area contributed by atoms with Crippen LogP contribution in [0.4, 0.5) is 0 Å². The summed E-state index contributed by atoms with van der Waals surface area (Å²) in [5, 5.41) is 3.43. The predicted octanol–water partition coefficient (Wildman–Crippen LogP) is 1.51. The van der Waals surface area contributed by atoms with Gasteiger partial charge in [-0.05, 0) is 24.7 Å². The van der Waals surface area contributed by atoms with E-state index in [0.717, 1.165) is 12.8 Å². The lowest BCUT2D eigenvalue weighted by molar-refractivity contribution is 0.128. The van der Waals surface area contributed by atoms with Gasteiger partial charge in [0.2, 0.25) is 0 Å². The average Bonchev–Trinajstić information content (AvgIpc) is 2.13. The summed E-state index contributed by atoms with van der Waals surface area (Å²) in [6, 6.07) is 0. The summed E-state index contributed by atoms with van der Waals surface area (Å²) in [6.07, 6.45) is 10.1. The fourth-order valence-corrected chi connectivity index (χ4v) is 2.63. The zero-order valence-corrected chi connectivity index (χ0v) is 9.40. The van der Waals surface area contributed by atoms with Gasteiger partial charge in [-0.2, -0.15) is 0 Å². The molecule has 1 atom stereocenters. The van der Waals surface area contributed by atoms with E-state index < -0.39 is 0 Å². The Morgan fingerprint density at radius 2 is 2.14 bits per heavy atom. The maximum atomic E-state index is 5.87. The molecular weight excluding hydrogens is 172 g/mol. The lowest BCUT2D eigenvalue weighted by atomic mass is 9.68. The van der Waals surface area contributed by atoms with Gasteiger partial charge in [-0.25, -0.2) is 0 Å². The Morgan fingerprint density at radius 3 is 2.64 bits per heavy atom. The summed E-state index contributed by atoms with van der Waals surface area (Å²) in [7, 11) is 0. The van der Waals surface area contributed by atoms with Gasteiger partial charge in [0.1, 0.15) is 0 Å². The molecule has 0 amide bonds. The van der Waals surface area contributed by atoms with E-state index in [1.165, 1.54) is 12.8 Å². The largest absolute Gasteiger partial charge is 0.329 e. The van der Waals surface area contributed by atoms with Crippen molar-refractivity contribution in [2.24, 2.45) is 11.1 Å². The van der Waals surface area contributed by atoms with Crippen LogP contribution >= 0.6 is 0 Å². The third-order valence-corrected chi connectivity index (χ3v) is 3.28. The van der Waals surface area contributed by atoms with E-state index in [-0.39, 0.29) is 5.54 Å². The molecule has 80 valence electrons. The normalized spacial score (nSPS) is 31.0. The number of nitrogens with two attached hydrogens (primary N) is 1. The topological polar surface area (TPSA) is 38.0 Å². The van der Waals surface area contributed by atoms with Crippen LogP contribution in [0.1, 0.15) is 39.5 Å². The second-order valence-electron chi connectivity index (χ2n) is 5.24. The van der Waals surface area contributed by atoms with Crippen molar-refractivity contribution in [1.29, 1.82) is 0 Å². The first-order chi connectivity index (χ1) is 6.54. The second-order valence-corrected chi connectivity index (χ2v) is 5.24. The molecule has 1 saturated carbocycles. The van der Waals surface area contributed by atoms with Crippen LogP contribution in [0.15, 0.2) is 0 Å². The van der Waals surface area contributed by atoms with Gasteiger partial charge in [-0.3, -0.25) is 5.32 Å². The lowest BCUT2D eigenvalue weighted by Crippen LogP contribution is -2.55. The van der Waals surface area contributed by atoms with Gasteiger partial charge in [-0.1, -0.05) is 26.2 Å². The van der Waals surface area contributed by atoms with Gasteiger partial charge >= 0.3 is 0 Å². The van der Waals surface area contributed by atoms with Crippen LogP contribution in [-0.4, -0.2) is 18.6 Å². The van der Waals surface area contributed by atoms with Crippen molar-refractivity contribution >= 4 is 0 Å². The van der Waals surface area contributed by atoms with Crippen LogP contribution in [0.5, 0.6) is 0 Å². The van der Waals surface area contributed by atoms with E-state index in [1.807, 2.05) is 0 Å². The molecule has 0 spiro atoms. The minimum Gasteiger partial charge on any atom is -0.329 e. The molecule has 0 saturated heterocycles. The van der Waals surface area contributed by atoms with Crippen molar-refractivity contribution in [3.05, 3.63) is 0 Å². The van der Waals surface area contributed by atoms with Gasteiger partial charge in [0.25, 0.3) is 0 Å². The van der Waals surface area contributed by atoms with Gasteiger partial charge in [-0.15, -0.1) is 6.42 Å². The summed E-state index contributed by atoms with van der Waals surface area (Å²) in [5.41, 5.74) is 6.36. The molecule has 2 nitrogen and oxygen atoms in total. The summed E-state index contributed by atoms with van der Waals surface area (Å²) >= 11 is 0. The maximum Gasteiger partial charge on any atom is 0.0578 e. The molecule has 0 aromatic heterocycles. The van der Waals surface area contributed by atoms with Crippen molar-refractivity contribution in [1.82, 2.24) is 5.32 Å². The van der Waals surface area contributed by atoms with Crippen LogP contribution in [0.2, 0.25) is 0 Å². The van der Waals surface area contributed by atoms with Crippen molar-refractivity contribution in [3.63, 3.8) is 0 Å². The zero-order chi connectivity index (χ0) is 10.7. The maximum absolute atomic E-state index is 5.87. The van der Waals surface area contributed by atoms with Gasteiger partial charge < -0.3 is 5.73 Å². The van der Waals surface area contributed by atoms with E-state index in [9.17, 15) is 0 Å². The molecule has 0 bridgehead atoms. The number of hydrogen-bond donors (Lipinski definition) is 2. The van der Waals surface area contributed by atoms with Crippen molar-refractivity contribution in [2.45, 2.75) is 45.1 Å². The number of terminal acetylenes is 1. The highest BCUT2D eigenvalue weighted by Crippen LogP contribution is 2.40. The van der Waals surface area contributed by atoms with E-state index in [4.69, 9.17) is 12.2 Å². The molecule has 1 rings (SSSR count). The highest BCUT2D eigenvalue weighted by atomic mass is 15.0. The van der Waals surface area contributed by atoms with Gasteiger partial charge in [0.15, 0.2) is 0 Å². The first-order valence-electron chi connectivity index (χ1n) is 5.42. The molecule has 0 aromatic carbocycles. The molecule has 1 aliphatic carbocycles. The fraction of sp³-hybridized carbons (Fsp3) is 0.833. The second kappa shape index (κ2) is 4.33. The van der Waals surface area contributed by atoms with Crippen molar-refractivity contribution < 1.29 is 0 Å². The molecule has 14 heavy (non-hydrogen) atoms. The van der Waals surface area contributed by atoms with Crippen molar-refractivity contribution in [2.75, 3.05) is 13.1 Å². The molecule has 1 aliphatic rings. The first-order valence-corrected chi connectivity index (χ1v) is 5.42. The smallest absolute Gasteiger partial charge is 0.0578 e. The van der Waals surface area contributed by atoms with Gasteiger partial charge in [0.05, 0.1) is 6.54 Å². The van der Waals surface area contributed by atoms with Crippen LogP contribution in [-0.2, 0) is 0 Å². The van der Waals surface area contributed by atoms with E-state index in [1.54, 1.807) is 0 Å². The van der Waals surface area contributed by atoms with Crippen molar-refractivity contribution in [3.8, 4) is 12.3 Å². The predicted molar refractivity (Wildman–Crippen MR) is 60.9 cm³/mol. The molecule has 0 aromatic rings. The fourth-order valence-electron chi connectivity index (χ4n) is 2.63. The summed E-state index contributed by atoms with van der Waals surface area (Å²) in [5.74, 6) is 2.63. The van der Waals surface area contributed by atoms with Crippen LogP contribution in [0.3, 0.4) is 0 Å². The Morgan fingerprint density at radius 1 is 1.43 bits per heavy atom. The molecule has 0 aliphatic heterocycles. The Balaban J connectivity index is 2.64. The Hall–Kier alpha value is -0.520. The minimum absolute atomic E-state index is 0.0914. The highest BCUT2D eigenvalue weighted by molar-refractivity contribution is 5.00. The molecule has 3 N–H and O–H groups in total. The minimum atomic E-state index is 0.0914. The highest BCUT2D eigenvalue weighted by Gasteiger charge is 2.38. The Kier molecular flexibility index (Phi) is 3.58. The summed E-state index contributed by atoms with van der Waals surface area (Å²) in [4.78, 5) is 0. The zero-order valence-electron chi connectivity index (χ0n) is 9.40. The van der Waals surface area contributed by atoms with Crippen LogP contribution in [0.25, 0.3) is 0 Å². The van der Waals surface area contributed by atoms with Crippen LogP contribution in [0, 0.1) is 17.8 Å². The summed E-state index contributed by atoms with van der Waals surface area (Å²) in [6.45, 7) is 5.95. The van der Waals surface area contributed by atoms with E-state index in [2.05, 4.69) is 25.1 Å². The average molecular weight is 194 g/mol. The number of nitrogens with one attached hydrogen (secondary N) is 1. The number of rotatable bonds is 3. The third kappa shape index (κ3) is 2.73. The molecular formula is C12H22N2. The Labute approximate surface area is 87.6 Å².